The molecule has 1 aliphatic heterocycles. The Morgan fingerprint density at radius 1 is 0.971 bits per heavy atom. The fraction of sp³-hybridized carbons (Fsp3) is 0.231. The predicted molar refractivity (Wildman–Crippen MR) is 142 cm³/mol. The van der Waals surface area contributed by atoms with Gasteiger partial charge in [-0.05, 0) is 54.6 Å². The number of piperazine rings is 1. The van der Waals surface area contributed by atoms with Crippen molar-refractivity contribution in [2.24, 2.45) is 0 Å². The van der Waals surface area contributed by atoms with Crippen LogP contribution in [0, 0.1) is 0 Å². The van der Waals surface area contributed by atoms with Crippen molar-refractivity contribution in [1.82, 2.24) is 4.90 Å². The van der Waals surface area contributed by atoms with E-state index in [1.165, 1.54) is 6.08 Å². The molecule has 2 heterocycles. The number of benzene rings is 2. The van der Waals surface area contributed by atoms with Gasteiger partial charge in [-0.3, -0.25) is 9.59 Å². The molecule has 4 rings (SSSR count). The molecule has 182 valence electrons. The van der Waals surface area contributed by atoms with E-state index in [2.05, 4.69) is 10.2 Å². The van der Waals surface area contributed by atoms with Gasteiger partial charge in [0.05, 0.1) is 16.4 Å². The van der Waals surface area contributed by atoms with Gasteiger partial charge in [-0.2, -0.15) is 0 Å². The summed E-state index contributed by atoms with van der Waals surface area (Å²) in [5.74, 6) is 0.906. The summed E-state index contributed by atoms with van der Waals surface area (Å²) in [6, 6.07) is 14.1. The second-order valence-corrected chi connectivity index (χ2v) is 9.31. The molecule has 0 unspecified atom stereocenters. The second kappa shape index (κ2) is 11.2. The molecule has 1 aromatic heterocycles. The van der Waals surface area contributed by atoms with Crippen molar-refractivity contribution < 1.29 is 14.0 Å². The normalized spacial score (nSPS) is 13.9. The molecule has 0 bridgehead atoms. The molecule has 0 atom stereocenters. The molecule has 2 amide bonds. The van der Waals surface area contributed by atoms with Gasteiger partial charge in [-0.25, -0.2) is 0 Å². The van der Waals surface area contributed by atoms with Gasteiger partial charge in [0.25, 0.3) is 0 Å². The number of hydrogen-bond acceptors (Lipinski definition) is 4. The fourth-order valence-corrected chi connectivity index (χ4v) is 4.59. The van der Waals surface area contributed by atoms with Gasteiger partial charge < -0.3 is 19.5 Å². The molecule has 0 radical (unpaired) electrons. The van der Waals surface area contributed by atoms with E-state index in [4.69, 9.17) is 39.2 Å². The number of rotatable bonds is 6. The van der Waals surface area contributed by atoms with Crippen molar-refractivity contribution in [3.05, 3.63) is 75.4 Å². The first kappa shape index (κ1) is 25.2. The van der Waals surface area contributed by atoms with Crippen LogP contribution in [0.2, 0.25) is 15.1 Å². The molecule has 0 spiro atoms. The molecular weight excluding hydrogens is 509 g/mol. The molecule has 35 heavy (non-hydrogen) atoms. The Hall–Kier alpha value is -2.93. The third-order valence-electron chi connectivity index (χ3n) is 5.71. The Morgan fingerprint density at radius 2 is 1.69 bits per heavy atom. The zero-order valence-electron chi connectivity index (χ0n) is 19.1. The minimum atomic E-state index is -0.323. The summed E-state index contributed by atoms with van der Waals surface area (Å²) in [5, 5.41) is 4.45. The molecule has 1 saturated heterocycles. The van der Waals surface area contributed by atoms with Gasteiger partial charge in [-0.1, -0.05) is 41.7 Å². The van der Waals surface area contributed by atoms with Crippen LogP contribution in [0.25, 0.3) is 17.4 Å². The third-order valence-corrected chi connectivity index (χ3v) is 6.50. The number of carbonyl (C=O) groups excluding carboxylic acids is 2. The lowest BCUT2D eigenvalue weighted by Gasteiger charge is -2.37. The molecular formula is C26H24Cl3N3O3. The largest absolute Gasteiger partial charge is 0.457 e. The number of halogens is 3. The van der Waals surface area contributed by atoms with Crippen LogP contribution in [0.5, 0.6) is 0 Å². The number of nitrogens with zero attached hydrogens (tertiary/aromatic N) is 2. The van der Waals surface area contributed by atoms with Crippen LogP contribution in [0.1, 0.15) is 19.1 Å². The molecule has 1 fully saturated rings. The summed E-state index contributed by atoms with van der Waals surface area (Å²) in [7, 11) is 0. The molecule has 1 aliphatic rings. The quantitative estimate of drug-likeness (QED) is 0.363. The first-order valence-electron chi connectivity index (χ1n) is 11.2. The van der Waals surface area contributed by atoms with Crippen molar-refractivity contribution >= 4 is 64.1 Å². The zero-order chi connectivity index (χ0) is 24.9. The van der Waals surface area contributed by atoms with E-state index in [-0.39, 0.29) is 11.8 Å². The third kappa shape index (κ3) is 6.20. The predicted octanol–water partition coefficient (Wildman–Crippen LogP) is 6.62. The molecule has 0 aliphatic carbocycles. The van der Waals surface area contributed by atoms with Gasteiger partial charge in [0.2, 0.25) is 11.8 Å². The van der Waals surface area contributed by atoms with Crippen molar-refractivity contribution in [1.29, 1.82) is 0 Å². The Balaban J connectivity index is 1.44. The van der Waals surface area contributed by atoms with Gasteiger partial charge in [-0.15, -0.1) is 0 Å². The van der Waals surface area contributed by atoms with Crippen LogP contribution >= 0.6 is 34.8 Å². The Labute approximate surface area is 219 Å². The number of hydrogen-bond donors (Lipinski definition) is 1. The highest BCUT2D eigenvalue weighted by atomic mass is 35.5. The Morgan fingerprint density at radius 3 is 2.40 bits per heavy atom. The summed E-state index contributed by atoms with van der Waals surface area (Å²) in [6.45, 7) is 4.50. The van der Waals surface area contributed by atoms with Gasteiger partial charge in [0, 0.05) is 54.3 Å². The van der Waals surface area contributed by atoms with E-state index >= 15 is 0 Å². The van der Waals surface area contributed by atoms with E-state index < -0.39 is 0 Å². The van der Waals surface area contributed by atoms with Crippen molar-refractivity contribution in [3.8, 4) is 11.3 Å². The number of anilines is 2. The molecule has 1 N–H and O–H groups in total. The van der Waals surface area contributed by atoms with Gasteiger partial charge >= 0.3 is 0 Å². The number of carbonyl (C=O) groups is 2. The maximum Gasteiger partial charge on any atom is 0.248 e. The minimum absolute atomic E-state index is 0.152. The van der Waals surface area contributed by atoms with E-state index in [1.807, 2.05) is 17.9 Å². The summed E-state index contributed by atoms with van der Waals surface area (Å²) in [6.07, 6.45) is 3.48. The maximum atomic E-state index is 12.7. The molecule has 3 aromatic rings. The van der Waals surface area contributed by atoms with Gasteiger partial charge in [0.1, 0.15) is 11.5 Å². The average Bonchev–Trinajstić information content (AvgIpc) is 3.31. The highest BCUT2D eigenvalue weighted by Crippen LogP contribution is 2.32. The zero-order valence-corrected chi connectivity index (χ0v) is 21.3. The van der Waals surface area contributed by atoms with E-state index in [0.717, 1.165) is 5.69 Å². The maximum absolute atomic E-state index is 12.7. The highest BCUT2D eigenvalue weighted by Gasteiger charge is 2.22. The number of amides is 2. The second-order valence-electron chi connectivity index (χ2n) is 8.03. The highest BCUT2D eigenvalue weighted by molar-refractivity contribution is 6.36. The summed E-state index contributed by atoms with van der Waals surface area (Å²) < 4.78 is 5.81. The lowest BCUT2D eigenvalue weighted by molar-refractivity contribution is -0.131. The van der Waals surface area contributed by atoms with Crippen LogP contribution in [0.15, 0.2) is 59.0 Å². The number of furan rings is 1. The molecule has 6 nitrogen and oxygen atoms in total. The molecule has 9 heteroatoms. The van der Waals surface area contributed by atoms with Crippen LogP contribution in [0.4, 0.5) is 11.4 Å². The Kier molecular flexibility index (Phi) is 8.06. The lowest BCUT2D eigenvalue weighted by atomic mass is 10.2. The van der Waals surface area contributed by atoms with Crippen LogP contribution in [0.3, 0.4) is 0 Å². The fourth-order valence-electron chi connectivity index (χ4n) is 3.91. The topological polar surface area (TPSA) is 65.8 Å². The lowest BCUT2D eigenvalue weighted by Crippen LogP contribution is -2.48. The van der Waals surface area contributed by atoms with Crippen LogP contribution < -0.4 is 10.2 Å². The van der Waals surface area contributed by atoms with E-state index in [9.17, 15) is 9.59 Å². The number of nitrogens with one attached hydrogen (secondary N) is 1. The van der Waals surface area contributed by atoms with Gasteiger partial charge in [0.15, 0.2) is 0 Å². The molecule has 0 saturated carbocycles. The average molecular weight is 533 g/mol. The van der Waals surface area contributed by atoms with Crippen LogP contribution in [-0.2, 0) is 9.59 Å². The minimum Gasteiger partial charge on any atom is -0.457 e. The summed E-state index contributed by atoms with van der Waals surface area (Å²) >= 11 is 18.4. The summed E-state index contributed by atoms with van der Waals surface area (Å²) in [5.41, 5.74) is 2.18. The smallest absolute Gasteiger partial charge is 0.248 e. The monoisotopic (exact) mass is 531 g/mol. The van der Waals surface area contributed by atoms with Crippen molar-refractivity contribution in [2.75, 3.05) is 36.4 Å². The first-order valence-corrected chi connectivity index (χ1v) is 12.3. The Bertz CT molecular complexity index is 1260. The standard InChI is InChI=1S/C26H24Cl3N3O3/c1-2-26(34)32-13-11-31(12-14-32)23-8-4-18(28)16-22(23)30-25(33)10-6-19-5-9-24(35-19)20-7-3-17(27)15-21(20)29/h3-10,15-16H,2,11-14H2,1H3,(H,30,33). The SMILES string of the molecule is CCC(=O)N1CCN(c2ccc(Cl)cc2NC(=O)C=Cc2ccc(-c3ccc(Cl)cc3Cl)o2)CC1. The van der Waals surface area contributed by atoms with E-state index in [1.54, 1.807) is 48.5 Å². The van der Waals surface area contributed by atoms with Crippen molar-refractivity contribution in [2.45, 2.75) is 13.3 Å². The van der Waals surface area contributed by atoms with Crippen molar-refractivity contribution in [3.63, 3.8) is 0 Å². The van der Waals surface area contributed by atoms with Crippen LogP contribution in [-0.4, -0.2) is 42.9 Å². The summed E-state index contributed by atoms with van der Waals surface area (Å²) in [4.78, 5) is 28.7. The first-order chi connectivity index (χ1) is 16.8. The van der Waals surface area contributed by atoms with E-state index in [0.29, 0.717) is 70.4 Å². The molecule has 2 aromatic carbocycles.